The van der Waals surface area contributed by atoms with E-state index in [0.29, 0.717) is 0 Å². The van der Waals surface area contributed by atoms with E-state index in [2.05, 4.69) is 0 Å². The van der Waals surface area contributed by atoms with Crippen LogP contribution in [0.2, 0.25) is 0 Å². The number of halogens is 1. The first kappa shape index (κ1) is 23.2. The van der Waals surface area contributed by atoms with Gasteiger partial charge in [0.05, 0.1) is 0 Å². The van der Waals surface area contributed by atoms with Crippen molar-refractivity contribution in [3.8, 4) is 0 Å². The van der Waals surface area contributed by atoms with E-state index in [1.165, 1.54) is 0 Å². The van der Waals surface area contributed by atoms with E-state index in [0.717, 1.165) is 0 Å². The molecule has 0 aromatic carbocycles. The standard InChI is InChI=1S/C5H9NO4.ClH.2Cu/c6-3(5(9)10)1-2-4(7)8;;;/h3H,1-2,6H2,(H,7,8)(H,9,10);1H;;/t3-;;;/m0.../s1. The fourth-order valence-corrected chi connectivity index (χ4v) is 0.402. The molecule has 5 nitrogen and oxygen atoms in total. The summed E-state index contributed by atoms with van der Waals surface area (Å²) in [5, 5.41) is 16.3. The third-order valence-corrected chi connectivity index (χ3v) is 0.986. The maximum Gasteiger partial charge on any atom is 0.320 e. The summed E-state index contributed by atoms with van der Waals surface area (Å²) in [5.74, 6) is -2.20. The fourth-order valence-electron chi connectivity index (χ4n) is 0.402. The zero-order chi connectivity index (χ0) is 8.15. The minimum absolute atomic E-state index is 0. The van der Waals surface area contributed by atoms with Crippen molar-refractivity contribution in [3.63, 3.8) is 0 Å². The second kappa shape index (κ2) is 12.2. The topological polar surface area (TPSA) is 101 Å². The van der Waals surface area contributed by atoms with Crippen molar-refractivity contribution in [3.05, 3.63) is 0 Å². The fraction of sp³-hybridized carbons (Fsp3) is 0.600. The van der Waals surface area contributed by atoms with Gasteiger partial charge in [0.1, 0.15) is 6.04 Å². The van der Waals surface area contributed by atoms with Crippen molar-refractivity contribution >= 4 is 24.3 Å². The van der Waals surface area contributed by atoms with Crippen molar-refractivity contribution in [2.75, 3.05) is 0 Å². The molecule has 0 heterocycles. The summed E-state index contributed by atoms with van der Waals surface area (Å²) >= 11 is 0. The molecule has 0 aromatic rings. The van der Waals surface area contributed by atoms with Crippen LogP contribution < -0.4 is 5.73 Å². The quantitative estimate of drug-likeness (QED) is 0.618. The zero-order valence-corrected chi connectivity index (χ0v) is 8.99. The molecule has 2 radical (unpaired) electrons. The molecule has 0 aliphatic carbocycles. The predicted octanol–water partition coefficient (Wildman–Crippen LogP) is -0.320. The van der Waals surface area contributed by atoms with Gasteiger partial charge in [-0.3, -0.25) is 9.59 Å². The first-order valence-corrected chi connectivity index (χ1v) is 2.74. The molecule has 4 N–H and O–H groups in total. The number of hydrogen-bond donors (Lipinski definition) is 3. The first-order chi connectivity index (χ1) is 4.54. The number of aliphatic carboxylic acids is 2. The summed E-state index contributed by atoms with van der Waals surface area (Å²) in [6, 6.07) is -1.06. The molecule has 0 saturated heterocycles. The Kier molecular flexibility index (Phi) is 21.8. The molecule has 0 aliphatic rings. The molecule has 13 heavy (non-hydrogen) atoms. The minimum Gasteiger partial charge on any atom is -0.481 e. The van der Waals surface area contributed by atoms with Crippen LogP contribution in [0.25, 0.3) is 0 Å². The van der Waals surface area contributed by atoms with Crippen molar-refractivity contribution in [2.24, 2.45) is 5.73 Å². The Hall–Kier alpha value is 0.229. The van der Waals surface area contributed by atoms with E-state index in [4.69, 9.17) is 15.9 Å². The van der Waals surface area contributed by atoms with Gasteiger partial charge in [-0.05, 0) is 6.42 Å². The van der Waals surface area contributed by atoms with Crippen molar-refractivity contribution in [1.29, 1.82) is 0 Å². The van der Waals surface area contributed by atoms with Gasteiger partial charge >= 0.3 is 11.9 Å². The van der Waals surface area contributed by atoms with Gasteiger partial charge in [0.25, 0.3) is 0 Å². The Morgan fingerprint density at radius 3 is 1.85 bits per heavy atom. The summed E-state index contributed by atoms with van der Waals surface area (Å²) in [6.45, 7) is 0. The molecule has 0 saturated carbocycles. The van der Waals surface area contributed by atoms with Gasteiger partial charge < -0.3 is 15.9 Å². The van der Waals surface area contributed by atoms with Gasteiger partial charge in [0, 0.05) is 40.6 Å². The summed E-state index contributed by atoms with van der Waals surface area (Å²) < 4.78 is 0. The second-order valence-corrected chi connectivity index (χ2v) is 1.88. The van der Waals surface area contributed by atoms with Crippen molar-refractivity contribution < 1.29 is 53.9 Å². The molecular weight excluding hydrogens is 301 g/mol. The minimum atomic E-state index is -1.17. The molecular formula is C5H10ClCu2NO4. The predicted molar refractivity (Wildman–Crippen MR) is 39.7 cm³/mol. The molecule has 0 spiro atoms. The van der Waals surface area contributed by atoms with E-state index >= 15 is 0 Å². The molecule has 0 bridgehead atoms. The Labute approximate surface area is 103 Å². The van der Waals surface area contributed by atoms with Crippen LogP contribution in [0, 0.1) is 0 Å². The van der Waals surface area contributed by atoms with Crippen LogP contribution in [-0.4, -0.2) is 28.2 Å². The SMILES string of the molecule is Cl.N[C@@H](CCC(=O)O)C(=O)O.[Cu].[Cu]. The largest absolute Gasteiger partial charge is 0.481 e. The Morgan fingerprint density at radius 2 is 1.62 bits per heavy atom. The maximum absolute atomic E-state index is 9.99. The van der Waals surface area contributed by atoms with Gasteiger partial charge in [-0.1, -0.05) is 0 Å². The van der Waals surface area contributed by atoms with E-state index in [1.807, 2.05) is 0 Å². The molecule has 1 atom stereocenters. The smallest absolute Gasteiger partial charge is 0.320 e. The number of nitrogens with two attached hydrogens (primary N) is 1. The first-order valence-electron chi connectivity index (χ1n) is 2.74. The van der Waals surface area contributed by atoms with Crippen LogP contribution in [0.5, 0.6) is 0 Å². The second-order valence-electron chi connectivity index (χ2n) is 1.88. The molecule has 0 rings (SSSR count). The van der Waals surface area contributed by atoms with E-state index in [1.54, 1.807) is 0 Å². The summed E-state index contributed by atoms with van der Waals surface area (Å²) in [4.78, 5) is 19.9. The van der Waals surface area contributed by atoms with Crippen LogP contribution in [0.3, 0.4) is 0 Å². The summed E-state index contributed by atoms with van der Waals surface area (Å²) in [6.07, 6.45) is -0.224. The molecule has 0 unspecified atom stereocenters. The number of rotatable bonds is 4. The van der Waals surface area contributed by atoms with E-state index < -0.39 is 18.0 Å². The van der Waals surface area contributed by atoms with Gasteiger partial charge in [0.15, 0.2) is 0 Å². The Balaban J connectivity index is -0.000000135. The van der Waals surface area contributed by atoms with Gasteiger partial charge in [-0.15, -0.1) is 12.4 Å². The number of hydrogen-bond acceptors (Lipinski definition) is 3. The van der Waals surface area contributed by atoms with Crippen LogP contribution in [-0.2, 0) is 43.7 Å². The number of carboxylic acid groups (broad SMARTS) is 2. The molecule has 8 heteroatoms. The van der Waals surface area contributed by atoms with E-state index in [-0.39, 0.29) is 59.4 Å². The normalized spacial score (nSPS) is 9.62. The summed E-state index contributed by atoms with van der Waals surface area (Å²) in [7, 11) is 0. The van der Waals surface area contributed by atoms with Crippen LogP contribution in [0.1, 0.15) is 12.8 Å². The number of carboxylic acids is 2. The molecule has 0 aliphatic heterocycles. The molecule has 0 fully saturated rings. The average Bonchev–Trinajstić information content (AvgIpc) is 1.82. The van der Waals surface area contributed by atoms with Gasteiger partial charge in [-0.25, -0.2) is 0 Å². The van der Waals surface area contributed by atoms with Crippen LogP contribution in [0.15, 0.2) is 0 Å². The van der Waals surface area contributed by atoms with Gasteiger partial charge in [0.2, 0.25) is 0 Å². The Bertz CT molecular complexity index is 157. The van der Waals surface area contributed by atoms with Crippen LogP contribution in [0.4, 0.5) is 0 Å². The average molecular weight is 311 g/mol. The third kappa shape index (κ3) is 15.0. The Morgan fingerprint density at radius 1 is 1.23 bits per heavy atom. The maximum atomic E-state index is 9.99. The monoisotopic (exact) mass is 309 g/mol. The summed E-state index contributed by atoms with van der Waals surface area (Å²) in [5.41, 5.74) is 5.00. The van der Waals surface area contributed by atoms with Gasteiger partial charge in [-0.2, -0.15) is 0 Å². The molecule has 88 valence electrons. The van der Waals surface area contributed by atoms with Crippen molar-refractivity contribution in [2.45, 2.75) is 18.9 Å². The third-order valence-electron chi connectivity index (χ3n) is 0.986. The zero-order valence-electron chi connectivity index (χ0n) is 6.29. The number of carbonyl (C=O) groups is 2. The van der Waals surface area contributed by atoms with Crippen molar-refractivity contribution in [1.82, 2.24) is 0 Å². The molecule has 0 aromatic heterocycles. The van der Waals surface area contributed by atoms with Crippen LogP contribution >= 0.6 is 12.4 Å². The molecule has 0 amide bonds. The van der Waals surface area contributed by atoms with E-state index in [9.17, 15) is 9.59 Å².